The molecule has 4 heteroatoms. The van der Waals surface area contributed by atoms with Crippen LogP contribution < -0.4 is 4.90 Å². The normalized spacial score (nSPS) is 11.9. The molecule has 4 aromatic carbocycles. The lowest BCUT2D eigenvalue weighted by Crippen LogP contribution is -2.14. The molecule has 5 aromatic rings. The van der Waals surface area contributed by atoms with Gasteiger partial charge in [0.25, 0.3) is 0 Å². The van der Waals surface area contributed by atoms with Crippen LogP contribution in [0.4, 0.5) is 17.1 Å². The maximum atomic E-state index is 9.39. The van der Waals surface area contributed by atoms with E-state index in [0.717, 1.165) is 27.9 Å². The fraction of sp³-hybridized carbons (Fsp3) is 0. The van der Waals surface area contributed by atoms with Crippen LogP contribution >= 0.6 is 11.8 Å². The highest BCUT2D eigenvalue weighted by atomic mass is 32.2. The number of nitriles is 1. The van der Waals surface area contributed by atoms with Crippen molar-refractivity contribution in [3.63, 3.8) is 0 Å². The topological polar surface area (TPSA) is 39.9 Å². The van der Waals surface area contributed by atoms with Gasteiger partial charge in [-0.25, -0.2) is 4.98 Å². The lowest BCUT2D eigenvalue weighted by Gasteiger charge is -2.33. The number of benzene rings is 4. The third-order valence-electron chi connectivity index (χ3n) is 5.98. The molecule has 0 fully saturated rings. The SMILES string of the molecule is N#Cc1ncccc1-c1ccc(-c2cccc(N3c4ccccc4Sc4ccccc43)c2)cc1. The second-order valence-corrected chi connectivity index (χ2v) is 9.10. The summed E-state index contributed by atoms with van der Waals surface area (Å²) in [5, 5.41) is 9.39. The zero-order valence-electron chi connectivity index (χ0n) is 18.2. The number of hydrogen-bond donors (Lipinski definition) is 0. The van der Waals surface area contributed by atoms with E-state index in [1.165, 1.54) is 21.2 Å². The number of rotatable bonds is 3. The third kappa shape index (κ3) is 3.53. The maximum Gasteiger partial charge on any atom is 0.148 e. The first kappa shape index (κ1) is 20.3. The Kier molecular flexibility index (Phi) is 5.10. The van der Waals surface area contributed by atoms with Gasteiger partial charge in [0, 0.05) is 27.2 Å². The van der Waals surface area contributed by atoms with Gasteiger partial charge in [-0.05, 0) is 65.2 Å². The van der Waals surface area contributed by atoms with Crippen molar-refractivity contribution < 1.29 is 0 Å². The van der Waals surface area contributed by atoms with Crippen molar-refractivity contribution in [1.82, 2.24) is 4.98 Å². The summed E-state index contributed by atoms with van der Waals surface area (Å²) in [5.74, 6) is 0. The summed E-state index contributed by atoms with van der Waals surface area (Å²) >= 11 is 1.81. The van der Waals surface area contributed by atoms with Crippen molar-refractivity contribution in [3.8, 4) is 28.3 Å². The van der Waals surface area contributed by atoms with Gasteiger partial charge in [0.15, 0.2) is 0 Å². The summed E-state index contributed by atoms with van der Waals surface area (Å²) in [5.41, 5.74) is 8.06. The van der Waals surface area contributed by atoms with Crippen LogP contribution in [0, 0.1) is 11.3 Å². The van der Waals surface area contributed by atoms with Crippen molar-refractivity contribution in [1.29, 1.82) is 5.26 Å². The molecular weight excluding hydrogens is 434 g/mol. The van der Waals surface area contributed by atoms with E-state index in [9.17, 15) is 5.26 Å². The van der Waals surface area contributed by atoms with Crippen LogP contribution in [0.3, 0.4) is 0 Å². The van der Waals surface area contributed by atoms with Crippen molar-refractivity contribution in [2.75, 3.05) is 4.90 Å². The van der Waals surface area contributed by atoms with Crippen molar-refractivity contribution >= 4 is 28.8 Å². The Morgan fingerprint density at radius 3 is 2.03 bits per heavy atom. The van der Waals surface area contributed by atoms with Gasteiger partial charge in [-0.3, -0.25) is 0 Å². The quantitative estimate of drug-likeness (QED) is 0.271. The van der Waals surface area contributed by atoms with E-state index in [0.29, 0.717) is 5.69 Å². The predicted molar refractivity (Wildman–Crippen MR) is 139 cm³/mol. The molecule has 1 aromatic heterocycles. The highest BCUT2D eigenvalue weighted by molar-refractivity contribution is 7.99. The largest absolute Gasteiger partial charge is 0.308 e. The third-order valence-corrected chi connectivity index (χ3v) is 7.11. The number of anilines is 3. The number of nitrogens with zero attached hydrogens (tertiary/aromatic N) is 3. The van der Waals surface area contributed by atoms with Crippen LogP contribution in [0.5, 0.6) is 0 Å². The number of hydrogen-bond acceptors (Lipinski definition) is 4. The van der Waals surface area contributed by atoms with Crippen molar-refractivity contribution in [3.05, 3.63) is 121 Å². The summed E-state index contributed by atoms with van der Waals surface area (Å²) in [4.78, 5) is 9.03. The van der Waals surface area contributed by atoms with E-state index >= 15 is 0 Å². The molecule has 160 valence electrons. The predicted octanol–water partition coefficient (Wildman–Crippen LogP) is 8.22. The molecule has 34 heavy (non-hydrogen) atoms. The van der Waals surface area contributed by atoms with Gasteiger partial charge in [-0.1, -0.05) is 72.4 Å². The number of aromatic nitrogens is 1. The smallest absolute Gasteiger partial charge is 0.148 e. The molecule has 3 nitrogen and oxygen atoms in total. The Morgan fingerprint density at radius 2 is 1.32 bits per heavy atom. The molecule has 0 saturated carbocycles. The highest BCUT2D eigenvalue weighted by Gasteiger charge is 2.24. The van der Waals surface area contributed by atoms with Crippen LogP contribution in [0.15, 0.2) is 125 Å². The van der Waals surface area contributed by atoms with Crippen molar-refractivity contribution in [2.45, 2.75) is 9.79 Å². The Balaban J connectivity index is 1.41. The molecule has 0 spiro atoms. The fourth-order valence-corrected chi connectivity index (χ4v) is 5.43. The number of fused-ring (bicyclic) bond motifs is 2. The summed E-state index contributed by atoms with van der Waals surface area (Å²) in [6, 6.07) is 40.1. The number of pyridine rings is 1. The molecule has 0 saturated heterocycles. The van der Waals surface area contributed by atoms with Crippen LogP contribution in [-0.4, -0.2) is 4.98 Å². The molecule has 1 aliphatic heterocycles. The second-order valence-electron chi connectivity index (χ2n) is 8.01. The molecule has 0 bridgehead atoms. The van der Waals surface area contributed by atoms with Crippen LogP contribution in [-0.2, 0) is 0 Å². The molecule has 6 rings (SSSR count). The van der Waals surface area contributed by atoms with E-state index in [4.69, 9.17) is 0 Å². The van der Waals surface area contributed by atoms with E-state index < -0.39 is 0 Å². The van der Waals surface area contributed by atoms with Gasteiger partial charge in [0.05, 0.1) is 11.4 Å². The standard InChI is InChI=1S/C30H19N3S/c31-20-26-25(9-6-18-32-26)22-16-14-21(15-17-22)23-7-5-8-24(19-23)33-27-10-1-3-12-29(27)34-30-13-4-2-11-28(30)33/h1-19H. The minimum atomic E-state index is 0.442. The molecule has 2 heterocycles. The second kappa shape index (κ2) is 8.55. The molecule has 0 N–H and O–H groups in total. The first-order chi connectivity index (χ1) is 16.8. The fourth-order valence-electron chi connectivity index (χ4n) is 4.38. The van der Waals surface area contributed by atoms with Gasteiger partial charge in [-0.2, -0.15) is 5.26 Å². The van der Waals surface area contributed by atoms with E-state index in [1.54, 1.807) is 6.20 Å². The van der Waals surface area contributed by atoms with Gasteiger partial charge < -0.3 is 4.90 Å². The Bertz CT molecular complexity index is 1500. The molecule has 0 radical (unpaired) electrons. The highest BCUT2D eigenvalue weighted by Crippen LogP contribution is 2.51. The van der Waals surface area contributed by atoms with Gasteiger partial charge in [-0.15, -0.1) is 0 Å². The Morgan fingerprint density at radius 1 is 0.647 bits per heavy atom. The molecule has 0 aliphatic carbocycles. The molecule has 1 aliphatic rings. The van der Waals surface area contributed by atoms with Crippen LogP contribution in [0.25, 0.3) is 22.3 Å². The first-order valence-corrected chi connectivity index (χ1v) is 11.9. The van der Waals surface area contributed by atoms with E-state index in [-0.39, 0.29) is 0 Å². The summed E-state index contributed by atoms with van der Waals surface area (Å²) in [7, 11) is 0. The van der Waals surface area contributed by atoms with Gasteiger partial charge in [0.1, 0.15) is 11.8 Å². The minimum Gasteiger partial charge on any atom is -0.308 e. The Hall–Kier alpha value is -4.33. The zero-order valence-corrected chi connectivity index (χ0v) is 19.0. The van der Waals surface area contributed by atoms with Crippen LogP contribution in [0.2, 0.25) is 0 Å². The number of para-hydroxylation sites is 2. The van der Waals surface area contributed by atoms with Gasteiger partial charge >= 0.3 is 0 Å². The lowest BCUT2D eigenvalue weighted by atomic mass is 9.99. The average Bonchev–Trinajstić information content (AvgIpc) is 2.92. The molecular formula is C30H19N3S. The summed E-state index contributed by atoms with van der Waals surface area (Å²) in [6.45, 7) is 0. The Labute approximate surface area is 203 Å². The summed E-state index contributed by atoms with van der Waals surface area (Å²) < 4.78 is 0. The molecule has 0 amide bonds. The monoisotopic (exact) mass is 453 g/mol. The van der Waals surface area contributed by atoms with Gasteiger partial charge in [0.2, 0.25) is 0 Å². The maximum absolute atomic E-state index is 9.39. The summed E-state index contributed by atoms with van der Waals surface area (Å²) in [6.07, 6.45) is 1.65. The molecule has 0 unspecified atom stereocenters. The van der Waals surface area contributed by atoms with Crippen LogP contribution in [0.1, 0.15) is 5.69 Å². The van der Waals surface area contributed by atoms with Crippen molar-refractivity contribution in [2.24, 2.45) is 0 Å². The van der Waals surface area contributed by atoms with E-state index in [1.807, 2.05) is 23.9 Å². The average molecular weight is 454 g/mol. The molecule has 0 atom stereocenters. The van der Waals surface area contributed by atoms with E-state index in [2.05, 4.69) is 113 Å². The first-order valence-electron chi connectivity index (χ1n) is 11.0. The minimum absolute atomic E-state index is 0.442. The lowest BCUT2D eigenvalue weighted by molar-refractivity contribution is 1.17. The zero-order chi connectivity index (χ0) is 22.9.